The average molecular weight is 462 g/mol. The normalized spacial score (nSPS) is 11.2. The Kier molecular flexibility index (Phi) is 6.23. The Morgan fingerprint density at radius 2 is 1.79 bits per heavy atom. The number of carbonyl (C=O) groups excluding carboxylic acids is 1. The molecule has 168 valence electrons. The van der Waals surface area contributed by atoms with Crippen molar-refractivity contribution in [1.82, 2.24) is 19.9 Å². The van der Waals surface area contributed by atoms with Crippen LogP contribution in [-0.4, -0.2) is 28.9 Å². The van der Waals surface area contributed by atoms with E-state index in [4.69, 9.17) is 0 Å². The third-order valence-corrected chi connectivity index (χ3v) is 6.60. The molecular formula is C24H23N5O3S. The van der Waals surface area contributed by atoms with Crippen LogP contribution >= 0.6 is 0 Å². The summed E-state index contributed by atoms with van der Waals surface area (Å²) < 4.78 is 29.6. The van der Waals surface area contributed by atoms with Crippen molar-refractivity contribution in [2.45, 2.75) is 25.3 Å². The molecule has 0 atom stereocenters. The number of hydrogen-bond acceptors (Lipinski definition) is 5. The van der Waals surface area contributed by atoms with E-state index in [1.54, 1.807) is 71.9 Å². The van der Waals surface area contributed by atoms with Gasteiger partial charge < -0.3 is 5.32 Å². The Morgan fingerprint density at radius 1 is 1.00 bits per heavy atom. The summed E-state index contributed by atoms with van der Waals surface area (Å²) in [7, 11) is -3.71. The van der Waals surface area contributed by atoms with Gasteiger partial charge in [-0.05, 0) is 73.0 Å². The average Bonchev–Trinajstić information content (AvgIpc) is 3.35. The standard InChI is InChI=1S/C24H23N5O3S/c1-17-3-9-22(13-18(17)2)33(31,32)28-21-7-5-20(6-8-21)24(30)27-15-19-4-10-23(26-14-19)29-12-11-25-16-29/h3-14,16,28H,15H2,1-2H3,(H,27,30). The molecule has 0 bridgehead atoms. The molecule has 0 aliphatic heterocycles. The van der Waals surface area contributed by atoms with Crippen LogP contribution in [0.1, 0.15) is 27.0 Å². The molecule has 0 aliphatic rings. The zero-order chi connectivity index (χ0) is 23.4. The highest BCUT2D eigenvalue weighted by Gasteiger charge is 2.15. The number of aromatic nitrogens is 3. The van der Waals surface area contributed by atoms with Gasteiger partial charge in [0.05, 0.1) is 4.90 Å². The molecule has 4 aromatic rings. The minimum absolute atomic E-state index is 0.195. The molecule has 0 radical (unpaired) electrons. The first-order valence-corrected chi connectivity index (χ1v) is 11.7. The minimum Gasteiger partial charge on any atom is -0.348 e. The van der Waals surface area contributed by atoms with Crippen LogP contribution in [0.2, 0.25) is 0 Å². The molecule has 8 nitrogen and oxygen atoms in total. The van der Waals surface area contributed by atoms with Crippen LogP contribution in [0.5, 0.6) is 0 Å². The minimum atomic E-state index is -3.71. The lowest BCUT2D eigenvalue weighted by Crippen LogP contribution is -2.23. The van der Waals surface area contributed by atoms with E-state index in [1.165, 1.54) is 0 Å². The Bertz CT molecular complexity index is 1360. The van der Waals surface area contributed by atoms with Gasteiger partial charge in [-0.15, -0.1) is 0 Å². The maximum Gasteiger partial charge on any atom is 0.261 e. The summed E-state index contributed by atoms with van der Waals surface area (Å²) in [6.45, 7) is 4.11. The molecule has 0 fully saturated rings. The van der Waals surface area contributed by atoms with Gasteiger partial charge in [0.2, 0.25) is 0 Å². The maximum atomic E-state index is 12.6. The first-order valence-electron chi connectivity index (χ1n) is 10.2. The third kappa shape index (κ3) is 5.27. The number of amides is 1. The van der Waals surface area contributed by atoms with Crippen molar-refractivity contribution >= 4 is 21.6 Å². The molecular weight excluding hydrogens is 438 g/mol. The number of anilines is 1. The summed E-state index contributed by atoms with van der Waals surface area (Å²) in [5.41, 5.74) is 3.58. The van der Waals surface area contributed by atoms with Crippen molar-refractivity contribution in [2.75, 3.05) is 4.72 Å². The van der Waals surface area contributed by atoms with E-state index < -0.39 is 10.0 Å². The van der Waals surface area contributed by atoms with Crippen molar-refractivity contribution in [2.24, 2.45) is 0 Å². The van der Waals surface area contributed by atoms with Crippen LogP contribution in [0.15, 0.2) is 84.4 Å². The van der Waals surface area contributed by atoms with Gasteiger partial charge in [-0.2, -0.15) is 0 Å². The summed E-state index contributed by atoms with van der Waals surface area (Å²) in [6, 6.07) is 15.0. The van der Waals surface area contributed by atoms with Crippen molar-refractivity contribution in [1.29, 1.82) is 0 Å². The first-order chi connectivity index (χ1) is 15.8. The number of imidazole rings is 1. The molecule has 2 N–H and O–H groups in total. The van der Waals surface area contributed by atoms with Gasteiger partial charge in [0, 0.05) is 36.4 Å². The van der Waals surface area contributed by atoms with Gasteiger partial charge in [-0.1, -0.05) is 12.1 Å². The van der Waals surface area contributed by atoms with Gasteiger partial charge in [0.15, 0.2) is 0 Å². The van der Waals surface area contributed by atoms with Crippen molar-refractivity contribution in [3.63, 3.8) is 0 Å². The van der Waals surface area contributed by atoms with Crippen LogP contribution in [0, 0.1) is 13.8 Å². The Balaban J connectivity index is 1.36. The molecule has 33 heavy (non-hydrogen) atoms. The lowest BCUT2D eigenvalue weighted by atomic mass is 10.1. The molecule has 2 heterocycles. The summed E-state index contributed by atoms with van der Waals surface area (Å²) >= 11 is 0. The molecule has 0 saturated carbocycles. The Hall–Kier alpha value is -3.98. The second kappa shape index (κ2) is 9.25. The number of nitrogens with one attached hydrogen (secondary N) is 2. The largest absolute Gasteiger partial charge is 0.348 e. The maximum absolute atomic E-state index is 12.6. The number of nitrogens with zero attached hydrogens (tertiary/aromatic N) is 3. The van der Waals surface area contributed by atoms with Crippen LogP contribution in [0.25, 0.3) is 5.82 Å². The number of carbonyl (C=O) groups is 1. The lowest BCUT2D eigenvalue weighted by molar-refractivity contribution is 0.0951. The SMILES string of the molecule is Cc1ccc(S(=O)(=O)Nc2ccc(C(=O)NCc3ccc(-n4ccnc4)nc3)cc2)cc1C. The molecule has 0 aliphatic carbocycles. The first kappa shape index (κ1) is 22.2. The number of aryl methyl sites for hydroxylation is 2. The smallest absolute Gasteiger partial charge is 0.261 e. The molecule has 0 saturated heterocycles. The molecule has 4 rings (SSSR count). The predicted molar refractivity (Wildman–Crippen MR) is 126 cm³/mol. The molecule has 0 unspecified atom stereocenters. The van der Waals surface area contributed by atoms with E-state index in [-0.39, 0.29) is 10.8 Å². The van der Waals surface area contributed by atoms with E-state index in [0.29, 0.717) is 17.8 Å². The highest BCUT2D eigenvalue weighted by molar-refractivity contribution is 7.92. The molecule has 0 spiro atoms. The van der Waals surface area contributed by atoms with Crippen LogP contribution < -0.4 is 10.0 Å². The Morgan fingerprint density at radius 3 is 2.42 bits per heavy atom. The van der Waals surface area contributed by atoms with E-state index in [1.807, 2.05) is 26.0 Å². The lowest BCUT2D eigenvalue weighted by Gasteiger charge is -2.11. The second-order valence-corrected chi connectivity index (χ2v) is 9.29. The van der Waals surface area contributed by atoms with Crippen LogP contribution in [0.4, 0.5) is 5.69 Å². The summed E-state index contributed by atoms with van der Waals surface area (Å²) in [5, 5.41) is 2.84. The van der Waals surface area contributed by atoms with E-state index >= 15 is 0 Å². The van der Waals surface area contributed by atoms with E-state index in [9.17, 15) is 13.2 Å². The van der Waals surface area contributed by atoms with Crippen LogP contribution in [-0.2, 0) is 16.6 Å². The Labute approximate surface area is 192 Å². The van der Waals surface area contributed by atoms with Gasteiger partial charge in [-0.3, -0.25) is 14.1 Å². The van der Waals surface area contributed by atoms with Crippen molar-refractivity contribution in [3.05, 3.63) is 102 Å². The number of benzene rings is 2. The van der Waals surface area contributed by atoms with Crippen molar-refractivity contribution in [3.8, 4) is 5.82 Å². The van der Waals surface area contributed by atoms with Gasteiger partial charge in [0.25, 0.3) is 15.9 Å². The van der Waals surface area contributed by atoms with Crippen LogP contribution in [0.3, 0.4) is 0 Å². The topological polar surface area (TPSA) is 106 Å². The number of sulfonamides is 1. The molecule has 9 heteroatoms. The highest BCUT2D eigenvalue weighted by atomic mass is 32.2. The molecule has 1 amide bonds. The monoisotopic (exact) mass is 461 g/mol. The van der Waals surface area contributed by atoms with Gasteiger partial charge >= 0.3 is 0 Å². The third-order valence-electron chi connectivity index (χ3n) is 5.22. The zero-order valence-electron chi connectivity index (χ0n) is 18.2. The van der Waals surface area contributed by atoms with Gasteiger partial charge in [-0.25, -0.2) is 18.4 Å². The quantitative estimate of drug-likeness (QED) is 0.437. The number of hydrogen-bond donors (Lipinski definition) is 2. The summed E-state index contributed by atoms with van der Waals surface area (Å²) in [5.74, 6) is 0.471. The number of pyridine rings is 1. The highest BCUT2D eigenvalue weighted by Crippen LogP contribution is 2.19. The van der Waals surface area contributed by atoms with Gasteiger partial charge in [0.1, 0.15) is 12.1 Å². The predicted octanol–water partition coefficient (Wildman–Crippen LogP) is 3.61. The fraction of sp³-hybridized carbons (Fsp3) is 0.125. The van der Waals surface area contributed by atoms with Crippen molar-refractivity contribution < 1.29 is 13.2 Å². The van der Waals surface area contributed by atoms with E-state index in [0.717, 1.165) is 22.5 Å². The fourth-order valence-corrected chi connectivity index (χ4v) is 4.28. The number of rotatable bonds is 7. The zero-order valence-corrected chi connectivity index (χ0v) is 19.0. The summed E-state index contributed by atoms with van der Waals surface area (Å²) in [6.07, 6.45) is 6.83. The molecule has 2 aromatic carbocycles. The second-order valence-electron chi connectivity index (χ2n) is 7.61. The molecule has 2 aromatic heterocycles. The summed E-state index contributed by atoms with van der Waals surface area (Å²) in [4.78, 5) is 21.0. The fourth-order valence-electron chi connectivity index (χ4n) is 3.14. The van der Waals surface area contributed by atoms with E-state index in [2.05, 4.69) is 20.0 Å².